The van der Waals surface area contributed by atoms with Crippen molar-refractivity contribution < 1.29 is 9.18 Å². The van der Waals surface area contributed by atoms with Gasteiger partial charge in [-0.05, 0) is 30.5 Å². The molecule has 2 aromatic heterocycles. The molecule has 1 saturated heterocycles. The molecule has 2 N–H and O–H groups in total. The van der Waals surface area contributed by atoms with Gasteiger partial charge < -0.3 is 4.90 Å². The summed E-state index contributed by atoms with van der Waals surface area (Å²) in [5.41, 5.74) is 3.02. The maximum absolute atomic E-state index is 13.5. The highest BCUT2D eigenvalue weighted by Gasteiger charge is 2.28. The van der Waals surface area contributed by atoms with Gasteiger partial charge in [-0.3, -0.25) is 15.0 Å². The number of halogens is 2. The summed E-state index contributed by atoms with van der Waals surface area (Å²) >= 11 is 5.98. The first kappa shape index (κ1) is 16.8. The number of piperidine rings is 1. The van der Waals surface area contributed by atoms with Gasteiger partial charge in [-0.25, -0.2) is 4.39 Å². The molecule has 0 atom stereocenters. The van der Waals surface area contributed by atoms with Crippen molar-refractivity contribution in [3.05, 3.63) is 58.9 Å². The fraction of sp³-hybridized carbons (Fsp3) is 0.278. The van der Waals surface area contributed by atoms with E-state index < -0.39 is 0 Å². The molecule has 26 heavy (non-hydrogen) atoms. The van der Waals surface area contributed by atoms with E-state index in [1.54, 1.807) is 17.2 Å². The first-order chi connectivity index (χ1) is 12.6. The Labute approximate surface area is 154 Å². The van der Waals surface area contributed by atoms with Crippen LogP contribution in [-0.2, 0) is 0 Å². The second-order valence-corrected chi connectivity index (χ2v) is 6.77. The topological polar surface area (TPSA) is 77.7 Å². The molecule has 6 nitrogen and oxygen atoms in total. The van der Waals surface area contributed by atoms with Crippen molar-refractivity contribution in [1.82, 2.24) is 25.3 Å². The third-order valence-corrected chi connectivity index (χ3v) is 5.09. The van der Waals surface area contributed by atoms with Crippen LogP contribution >= 0.6 is 11.6 Å². The van der Waals surface area contributed by atoms with Crippen LogP contribution < -0.4 is 0 Å². The summed E-state index contributed by atoms with van der Waals surface area (Å²) in [5.74, 6) is -0.176. The number of rotatable bonds is 3. The number of benzene rings is 1. The quantitative estimate of drug-likeness (QED) is 0.736. The van der Waals surface area contributed by atoms with Gasteiger partial charge >= 0.3 is 0 Å². The lowest BCUT2D eigenvalue weighted by atomic mass is 9.89. The molecule has 0 bridgehead atoms. The van der Waals surface area contributed by atoms with Gasteiger partial charge in [0.15, 0.2) is 0 Å². The average molecular weight is 374 g/mol. The molecule has 134 valence electrons. The molecule has 1 amide bonds. The van der Waals surface area contributed by atoms with E-state index >= 15 is 0 Å². The van der Waals surface area contributed by atoms with E-state index in [1.807, 2.05) is 6.07 Å². The normalized spacial score (nSPS) is 15.4. The number of amides is 1. The Morgan fingerprint density at radius 1 is 1.19 bits per heavy atom. The summed E-state index contributed by atoms with van der Waals surface area (Å²) in [4.78, 5) is 14.3. The van der Waals surface area contributed by atoms with Gasteiger partial charge in [-0.1, -0.05) is 23.7 Å². The Morgan fingerprint density at radius 3 is 2.65 bits per heavy atom. The number of aromatic nitrogens is 4. The highest BCUT2D eigenvalue weighted by atomic mass is 35.5. The molecule has 0 unspecified atom stereocenters. The van der Waals surface area contributed by atoms with E-state index in [0.29, 0.717) is 23.8 Å². The van der Waals surface area contributed by atoms with E-state index in [9.17, 15) is 9.18 Å². The zero-order valence-corrected chi connectivity index (χ0v) is 14.6. The first-order valence-electron chi connectivity index (χ1n) is 8.41. The summed E-state index contributed by atoms with van der Waals surface area (Å²) in [6.45, 7) is 1.22. The largest absolute Gasteiger partial charge is 0.337 e. The summed E-state index contributed by atoms with van der Waals surface area (Å²) < 4.78 is 13.5. The fourth-order valence-electron chi connectivity index (χ4n) is 3.44. The summed E-state index contributed by atoms with van der Waals surface area (Å²) in [6, 6.07) is 6.49. The molecule has 1 fully saturated rings. The Kier molecular flexibility index (Phi) is 4.46. The van der Waals surface area contributed by atoms with Crippen molar-refractivity contribution in [2.45, 2.75) is 18.8 Å². The van der Waals surface area contributed by atoms with Gasteiger partial charge in [0.1, 0.15) is 11.5 Å². The number of hydrogen-bond acceptors (Lipinski definition) is 3. The Morgan fingerprint density at radius 2 is 1.96 bits per heavy atom. The molecule has 3 heterocycles. The Bertz CT molecular complexity index is 929. The van der Waals surface area contributed by atoms with Crippen molar-refractivity contribution in [3.63, 3.8) is 0 Å². The van der Waals surface area contributed by atoms with E-state index in [-0.39, 0.29) is 17.6 Å². The minimum Gasteiger partial charge on any atom is -0.337 e. The molecule has 0 spiro atoms. The molecule has 0 radical (unpaired) electrons. The van der Waals surface area contributed by atoms with Crippen LogP contribution in [0.4, 0.5) is 4.39 Å². The van der Waals surface area contributed by atoms with Crippen LogP contribution in [0.15, 0.2) is 36.7 Å². The lowest BCUT2D eigenvalue weighted by molar-refractivity contribution is 0.0706. The average Bonchev–Trinajstić information content (AvgIpc) is 3.30. The van der Waals surface area contributed by atoms with Crippen molar-refractivity contribution in [2.75, 3.05) is 13.1 Å². The molecule has 0 saturated carbocycles. The number of carbonyl (C=O) groups is 1. The highest BCUT2D eigenvalue weighted by Crippen LogP contribution is 2.34. The maximum atomic E-state index is 13.5. The van der Waals surface area contributed by atoms with Crippen molar-refractivity contribution in [2.24, 2.45) is 0 Å². The van der Waals surface area contributed by atoms with Gasteiger partial charge in [-0.15, -0.1) is 0 Å². The van der Waals surface area contributed by atoms with Gasteiger partial charge in [0.25, 0.3) is 5.91 Å². The van der Waals surface area contributed by atoms with Crippen LogP contribution in [0.2, 0.25) is 5.02 Å². The standard InChI is InChI=1S/C18H17ClFN5O/c19-15-10-22-24-17(15)18(26)25-6-4-11(5-7-25)16-14(9-21-23-16)12-2-1-3-13(20)8-12/h1-3,8-11H,4-7H2,(H,21,23)(H,22,24). The van der Waals surface area contributed by atoms with Gasteiger partial charge in [0, 0.05) is 30.3 Å². The molecular weight excluding hydrogens is 357 g/mol. The van der Waals surface area contributed by atoms with Crippen LogP contribution in [0.1, 0.15) is 34.9 Å². The third-order valence-electron chi connectivity index (χ3n) is 4.80. The molecule has 4 rings (SSSR count). The minimum absolute atomic E-state index is 0.138. The summed E-state index contributed by atoms with van der Waals surface area (Å²) in [6.07, 6.45) is 4.74. The fourth-order valence-corrected chi connectivity index (χ4v) is 3.62. The van der Waals surface area contributed by atoms with Crippen molar-refractivity contribution in [1.29, 1.82) is 0 Å². The van der Waals surface area contributed by atoms with Crippen LogP contribution in [0, 0.1) is 5.82 Å². The zero-order valence-electron chi connectivity index (χ0n) is 13.9. The number of hydrogen-bond donors (Lipinski definition) is 2. The van der Waals surface area contributed by atoms with Gasteiger partial charge in [0.2, 0.25) is 0 Å². The smallest absolute Gasteiger partial charge is 0.273 e. The van der Waals surface area contributed by atoms with E-state index in [2.05, 4.69) is 20.4 Å². The molecule has 8 heteroatoms. The van der Waals surface area contributed by atoms with E-state index in [1.165, 1.54) is 18.3 Å². The SMILES string of the molecule is O=C(c1[nH]ncc1Cl)N1CCC(c2[nH]ncc2-c2cccc(F)c2)CC1. The lowest BCUT2D eigenvalue weighted by Crippen LogP contribution is -2.38. The van der Waals surface area contributed by atoms with E-state index in [4.69, 9.17) is 11.6 Å². The number of likely N-dealkylation sites (tertiary alicyclic amines) is 1. The third kappa shape index (κ3) is 3.10. The summed E-state index contributed by atoms with van der Waals surface area (Å²) in [7, 11) is 0. The lowest BCUT2D eigenvalue weighted by Gasteiger charge is -2.31. The number of aromatic amines is 2. The predicted molar refractivity (Wildman–Crippen MR) is 95.5 cm³/mol. The van der Waals surface area contributed by atoms with Crippen LogP contribution in [0.3, 0.4) is 0 Å². The Balaban J connectivity index is 1.49. The predicted octanol–water partition coefficient (Wildman–Crippen LogP) is 3.61. The Hall–Kier alpha value is -2.67. The van der Waals surface area contributed by atoms with Crippen molar-refractivity contribution >= 4 is 17.5 Å². The zero-order chi connectivity index (χ0) is 18.1. The molecular formula is C18H17ClFN5O. The minimum atomic E-state index is -0.272. The summed E-state index contributed by atoms with van der Waals surface area (Å²) in [5, 5.41) is 14.0. The molecule has 3 aromatic rings. The first-order valence-corrected chi connectivity index (χ1v) is 8.78. The second-order valence-electron chi connectivity index (χ2n) is 6.37. The number of H-pyrrole nitrogens is 2. The maximum Gasteiger partial charge on any atom is 0.273 e. The van der Waals surface area contributed by atoms with Gasteiger partial charge in [-0.2, -0.15) is 10.2 Å². The number of carbonyl (C=O) groups excluding carboxylic acids is 1. The highest BCUT2D eigenvalue weighted by molar-refractivity contribution is 6.33. The van der Waals surface area contributed by atoms with Gasteiger partial charge in [0.05, 0.1) is 17.4 Å². The molecule has 1 aromatic carbocycles. The molecule has 0 aliphatic carbocycles. The number of nitrogens with zero attached hydrogens (tertiary/aromatic N) is 3. The number of nitrogens with one attached hydrogen (secondary N) is 2. The van der Waals surface area contributed by atoms with E-state index in [0.717, 1.165) is 29.7 Å². The molecule has 1 aliphatic heterocycles. The van der Waals surface area contributed by atoms with Crippen LogP contribution in [0.25, 0.3) is 11.1 Å². The van der Waals surface area contributed by atoms with Crippen molar-refractivity contribution in [3.8, 4) is 11.1 Å². The van der Waals surface area contributed by atoms with Crippen LogP contribution in [0.5, 0.6) is 0 Å². The van der Waals surface area contributed by atoms with Crippen LogP contribution in [-0.4, -0.2) is 44.3 Å². The molecule has 1 aliphatic rings. The monoisotopic (exact) mass is 373 g/mol. The second kappa shape index (κ2) is 6.92.